The third-order valence-corrected chi connectivity index (χ3v) is 5.16. The van der Waals surface area contributed by atoms with Gasteiger partial charge in [-0.05, 0) is 12.1 Å². The summed E-state index contributed by atoms with van der Waals surface area (Å²) in [6, 6.07) is 6.25. The van der Waals surface area contributed by atoms with Crippen molar-refractivity contribution in [1.29, 1.82) is 0 Å². The van der Waals surface area contributed by atoms with E-state index < -0.39 is 21.7 Å². The Balaban J connectivity index is 2.41. The van der Waals surface area contributed by atoms with Crippen LogP contribution in [-0.4, -0.2) is 24.5 Å². The second kappa shape index (κ2) is 5.16. The van der Waals surface area contributed by atoms with E-state index >= 15 is 0 Å². The Labute approximate surface area is 117 Å². The van der Waals surface area contributed by atoms with Crippen LogP contribution in [0.25, 0.3) is 0 Å². The van der Waals surface area contributed by atoms with Gasteiger partial charge in [0.05, 0.1) is 16.2 Å². The maximum absolute atomic E-state index is 12.1. The molecule has 0 radical (unpaired) electrons. The average Bonchev–Trinajstić information content (AvgIpc) is 2.82. The monoisotopic (exact) mass is 318 g/mol. The van der Waals surface area contributed by atoms with E-state index in [9.17, 15) is 13.2 Å². The smallest absolute Gasteiger partial charge is 0.356 e. The second-order valence-electron chi connectivity index (χ2n) is 3.38. The molecule has 1 heterocycles. The number of rotatable bonds is 4. The highest BCUT2D eigenvalue weighted by Crippen LogP contribution is 2.27. The minimum absolute atomic E-state index is 0.175. The fourth-order valence-corrected chi connectivity index (χ4v) is 3.76. The van der Waals surface area contributed by atoms with Gasteiger partial charge in [-0.15, -0.1) is 11.3 Å². The summed E-state index contributed by atoms with van der Waals surface area (Å²) in [4.78, 5) is 14.4. The zero-order valence-electron chi connectivity index (χ0n) is 9.20. The highest BCUT2D eigenvalue weighted by molar-refractivity contribution is 7.94. The van der Waals surface area contributed by atoms with Crippen molar-refractivity contribution in [1.82, 2.24) is 4.98 Å². The molecule has 0 saturated heterocycles. The highest BCUT2D eigenvalue weighted by Gasteiger charge is 2.26. The van der Waals surface area contributed by atoms with Crippen molar-refractivity contribution in [2.75, 3.05) is 4.72 Å². The molecule has 0 atom stereocenters. The van der Waals surface area contributed by atoms with E-state index in [0.29, 0.717) is 0 Å². The first kappa shape index (κ1) is 13.8. The Morgan fingerprint density at radius 2 is 2.05 bits per heavy atom. The Morgan fingerprint density at radius 3 is 2.68 bits per heavy atom. The molecule has 19 heavy (non-hydrogen) atoms. The van der Waals surface area contributed by atoms with Crippen molar-refractivity contribution in [3.8, 4) is 0 Å². The Bertz CT molecular complexity index is 727. The van der Waals surface area contributed by atoms with Gasteiger partial charge in [0, 0.05) is 0 Å². The lowest BCUT2D eigenvalue weighted by atomic mass is 10.3. The molecule has 9 heteroatoms. The number of benzene rings is 1. The zero-order valence-corrected chi connectivity index (χ0v) is 11.6. The lowest BCUT2D eigenvalue weighted by molar-refractivity contribution is 0.0687. The second-order valence-corrected chi connectivity index (χ2v) is 6.52. The summed E-state index contributed by atoms with van der Waals surface area (Å²) in [7, 11) is -4.03. The van der Waals surface area contributed by atoms with Gasteiger partial charge in [-0.2, -0.15) is 0 Å². The molecule has 0 saturated carbocycles. The molecular weight excluding hydrogens is 312 g/mol. The summed E-state index contributed by atoms with van der Waals surface area (Å²) in [5.41, 5.74) is 0.823. The van der Waals surface area contributed by atoms with E-state index in [-0.39, 0.29) is 14.9 Å². The molecule has 2 N–H and O–H groups in total. The van der Waals surface area contributed by atoms with Crippen molar-refractivity contribution in [3.63, 3.8) is 0 Å². The third-order valence-electron chi connectivity index (χ3n) is 2.10. The van der Waals surface area contributed by atoms with E-state index in [1.807, 2.05) is 0 Å². The maximum atomic E-state index is 12.1. The average molecular weight is 319 g/mol. The molecule has 100 valence electrons. The van der Waals surface area contributed by atoms with Crippen LogP contribution in [-0.2, 0) is 10.0 Å². The van der Waals surface area contributed by atoms with Crippen LogP contribution < -0.4 is 4.72 Å². The Morgan fingerprint density at radius 1 is 1.37 bits per heavy atom. The standard InChI is InChI=1S/C10H7ClN2O4S2/c11-6-3-1-2-4-7(6)13-19(16,17)10-8(9(14)15)12-5-18-10/h1-5,13H,(H,14,15). The first-order valence-electron chi connectivity index (χ1n) is 4.86. The van der Waals surface area contributed by atoms with Gasteiger partial charge in [0.2, 0.25) is 0 Å². The van der Waals surface area contributed by atoms with Gasteiger partial charge in [0.15, 0.2) is 9.90 Å². The van der Waals surface area contributed by atoms with Crippen LogP contribution in [0.4, 0.5) is 5.69 Å². The van der Waals surface area contributed by atoms with E-state index in [2.05, 4.69) is 9.71 Å². The van der Waals surface area contributed by atoms with Gasteiger partial charge in [-0.25, -0.2) is 18.2 Å². The van der Waals surface area contributed by atoms with E-state index in [1.165, 1.54) is 12.1 Å². The van der Waals surface area contributed by atoms with Gasteiger partial charge < -0.3 is 5.11 Å². The molecule has 6 nitrogen and oxygen atoms in total. The molecule has 2 rings (SSSR count). The number of sulfonamides is 1. The number of carboxylic acids is 1. The molecule has 2 aromatic rings. The van der Waals surface area contributed by atoms with Crippen molar-refractivity contribution < 1.29 is 18.3 Å². The van der Waals surface area contributed by atoms with Gasteiger partial charge in [-0.3, -0.25) is 4.72 Å². The number of hydrogen-bond donors (Lipinski definition) is 2. The molecule has 0 amide bonds. The van der Waals surface area contributed by atoms with Gasteiger partial charge in [-0.1, -0.05) is 23.7 Å². The number of nitrogens with one attached hydrogen (secondary N) is 1. The van der Waals surface area contributed by atoms with Crippen molar-refractivity contribution in [2.45, 2.75) is 4.21 Å². The summed E-state index contributed by atoms with van der Waals surface area (Å²) < 4.78 is 26.0. The summed E-state index contributed by atoms with van der Waals surface area (Å²) in [5, 5.41) is 9.08. The number of hydrogen-bond acceptors (Lipinski definition) is 5. The fraction of sp³-hybridized carbons (Fsp3) is 0. The number of nitrogens with zero attached hydrogens (tertiary/aromatic N) is 1. The normalized spacial score (nSPS) is 11.2. The quantitative estimate of drug-likeness (QED) is 0.901. The molecule has 0 aliphatic carbocycles. The summed E-state index contributed by atoms with van der Waals surface area (Å²) in [6.07, 6.45) is 0. The Kier molecular flexibility index (Phi) is 3.74. The first-order chi connectivity index (χ1) is 8.92. The van der Waals surface area contributed by atoms with Crippen LogP contribution in [0.3, 0.4) is 0 Å². The first-order valence-corrected chi connectivity index (χ1v) is 7.60. The molecule has 0 spiro atoms. The van der Waals surface area contributed by atoms with Crippen molar-refractivity contribution in [3.05, 3.63) is 40.5 Å². The predicted molar refractivity (Wildman–Crippen MR) is 71.3 cm³/mol. The fourth-order valence-electron chi connectivity index (χ4n) is 1.30. The molecule has 0 fully saturated rings. The lowest BCUT2D eigenvalue weighted by Gasteiger charge is -2.08. The molecule has 0 aliphatic rings. The van der Waals surface area contributed by atoms with Crippen LogP contribution >= 0.6 is 22.9 Å². The molecule has 0 aliphatic heterocycles. The summed E-state index contributed by atoms with van der Waals surface area (Å²) >= 11 is 6.56. The van der Waals surface area contributed by atoms with Crippen LogP contribution in [0.2, 0.25) is 5.02 Å². The van der Waals surface area contributed by atoms with Crippen molar-refractivity contribution in [2.24, 2.45) is 0 Å². The van der Waals surface area contributed by atoms with Gasteiger partial charge in [0.1, 0.15) is 0 Å². The van der Waals surface area contributed by atoms with Crippen LogP contribution in [0.1, 0.15) is 10.5 Å². The van der Waals surface area contributed by atoms with Crippen LogP contribution in [0, 0.1) is 0 Å². The number of aromatic carboxylic acids is 1. The minimum atomic E-state index is -4.03. The van der Waals surface area contributed by atoms with Crippen molar-refractivity contribution >= 4 is 44.6 Å². The van der Waals surface area contributed by atoms with Crippen LogP contribution in [0.5, 0.6) is 0 Å². The topological polar surface area (TPSA) is 96.4 Å². The van der Waals surface area contributed by atoms with Crippen LogP contribution in [0.15, 0.2) is 34.0 Å². The SMILES string of the molecule is O=C(O)c1ncsc1S(=O)(=O)Nc1ccccc1Cl. The summed E-state index contributed by atoms with van der Waals surface area (Å²) in [6.45, 7) is 0. The molecule has 0 bridgehead atoms. The van der Waals surface area contributed by atoms with E-state index in [0.717, 1.165) is 16.8 Å². The van der Waals surface area contributed by atoms with Gasteiger partial charge in [0.25, 0.3) is 10.0 Å². The third kappa shape index (κ3) is 2.86. The molecule has 0 unspecified atom stereocenters. The zero-order chi connectivity index (χ0) is 14.0. The number of aromatic nitrogens is 1. The molecule has 1 aromatic heterocycles. The Hall–Kier alpha value is -1.64. The number of halogens is 1. The summed E-state index contributed by atoms with van der Waals surface area (Å²) in [5.74, 6) is -1.40. The van der Waals surface area contributed by atoms with E-state index in [1.54, 1.807) is 12.1 Å². The largest absolute Gasteiger partial charge is 0.476 e. The molecule has 1 aromatic carbocycles. The maximum Gasteiger partial charge on any atom is 0.356 e. The van der Waals surface area contributed by atoms with E-state index in [4.69, 9.17) is 16.7 Å². The minimum Gasteiger partial charge on any atom is -0.476 e. The number of carboxylic acid groups (broad SMARTS) is 1. The number of carbonyl (C=O) groups is 1. The predicted octanol–water partition coefficient (Wildman–Crippen LogP) is 2.30. The van der Waals surface area contributed by atoms with Gasteiger partial charge >= 0.3 is 5.97 Å². The number of anilines is 1. The number of thiazole rings is 1. The number of para-hydroxylation sites is 1. The highest BCUT2D eigenvalue weighted by atomic mass is 35.5. The molecular formula is C10H7ClN2O4S2. The lowest BCUT2D eigenvalue weighted by Crippen LogP contribution is -2.15.